The van der Waals surface area contributed by atoms with Crippen molar-refractivity contribution >= 4 is 23.7 Å². The first-order valence-corrected chi connectivity index (χ1v) is 11.9. The summed E-state index contributed by atoms with van der Waals surface area (Å²) in [6.45, 7) is 6.64. The van der Waals surface area contributed by atoms with Crippen LogP contribution in [0, 0.1) is 5.92 Å². The van der Waals surface area contributed by atoms with Gasteiger partial charge in [0, 0.05) is 45.0 Å². The molecule has 0 aromatic heterocycles. The van der Waals surface area contributed by atoms with Crippen LogP contribution in [0.1, 0.15) is 45.4 Å². The molecule has 0 unspecified atom stereocenters. The van der Waals surface area contributed by atoms with Crippen molar-refractivity contribution < 1.29 is 9.59 Å². The van der Waals surface area contributed by atoms with Gasteiger partial charge in [-0.15, -0.1) is 0 Å². The van der Waals surface area contributed by atoms with Gasteiger partial charge in [0.25, 0.3) is 0 Å². The maximum atomic E-state index is 12.8. The second-order valence-corrected chi connectivity index (χ2v) is 9.06. The molecule has 1 N–H and O–H groups in total. The highest BCUT2D eigenvalue weighted by molar-refractivity contribution is 7.98. The number of likely N-dealkylation sites (N-methyl/N-ethyl adjacent to an activating group) is 1. The van der Waals surface area contributed by atoms with Crippen LogP contribution in [0.3, 0.4) is 0 Å². The van der Waals surface area contributed by atoms with E-state index in [2.05, 4.69) is 23.5 Å². The van der Waals surface area contributed by atoms with Crippen LogP contribution in [0.5, 0.6) is 0 Å². The van der Waals surface area contributed by atoms with Crippen molar-refractivity contribution in [2.45, 2.75) is 51.5 Å². The van der Waals surface area contributed by atoms with Gasteiger partial charge >= 0.3 is 6.03 Å². The molecule has 2 fully saturated rings. The third-order valence-corrected chi connectivity index (χ3v) is 6.50. The molecule has 1 heterocycles. The molecule has 0 spiro atoms. The molecule has 156 valence electrons. The first kappa shape index (κ1) is 22.3. The van der Waals surface area contributed by atoms with Crippen LogP contribution in [0.2, 0.25) is 0 Å². The van der Waals surface area contributed by atoms with Crippen molar-refractivity contribution in [2.75, 3.05) is 58.3 Å². The molecule has 1 saturated heterocycles. The Morgan fingerprint density at radius 1 is 1.11 bits per heavy atom. The van der Waals surface area contributed by atoms with E-state index in [0.717, 1.165) is 57.4 Å². The lowest BCUT2D eigenvalue weighted by molar-refractivity contribution is -0.134. The summed E-state index contributed by atoms with van der Waals surface area (Å²) >= 11 is 1.76. The van der Waals surface area contributed by atoms with Crippen molar-refractivity contribution in [1.82, 2.24) is 20.0 Å². The van der Waals surface area contributed by atoms with E-state index in [1.165, 1.54) is 32.1 Å². The van der Waals surface area contributed by atoms with Crippen molar-refractivity contribution in [3.05, 3.63) is 0 Å². The van der Waals surface area contributed by atoms with Crippen LogP contribution in [-0.2, 0) is 4.79 Å². The molecule has 2 rings (SSSR count). The molecule has 0 aromatic rings. The third-order valence-electron chi connectivity index (χ3n) is 5.91. The zero-order chi connectivity index (χ0) is 19.6. The lowest BCUT2D eigenvalue weighted by Gasteiger charge is -2.34. The van der Waals surface area contributed by atoms with Crippen LogP contribution in [-0.4, -0.2) is 91.0 Å². The average Bonchev–Trinajstić information content (AvgIpc) is 2.68. The fraction of sp³-hybridized carbons (Fsp3) is 0.900. The van der Waals surface area contributed by atoms with Gasteiger partial charge < -0.3 is 20.0 Å². The molecule has 1 aliphatic heterocycles. The summed E-state index contributed by atoms with van der Waals surface area (Å²) < 4.78 is 0. The van der Waals surface area contributed by atoms with E-state index in [1.807, 2.05) is 16.7 Å². The lowest BCUT2D eigenvalue weighted by atomic mass is 9.87. The van der Waals surface area contributed by atoms with Crippen LogP contribution >= 0.6 is 11.8 Å². The number of nitrogens with zero attached hydrogens (tertiary/aromatic N) is 3. The molecule has 1 atom stereocenters. The number of piperazine rings is 1. The smallest absolute Gasteiger partial charge is 0.318 e. The number of rotatable bonds is 8. The molecule has 2 aliphatic rings. The predicted octanol–water partition coefficient (Wildman–Crippen LogP) is 2.49. The van der Waals surface area contributed by atoms with Crippen molar-refractivity contribution in [3.8, 4) is 0 Å². The van der Waals surface area contributed by atoms with E-state index in [0.29, 0.717) is 0 Å². The Kier molecular flexibility index (Phi) is 9.76. The molecule has 0 aromatic carbocycles. The quantitative estimate of drug-likeness (QED) is 0.682. The Morgan fingerprint density at radius 3 is 2.41 bits per heavy atom. The summed E-state index contributed by atoms with van der Waals surface area (Å²) in [6, 6.07) is -0.554. The Bertz CT molecular complexity index is 463. The number of urea groups is 1. The Balaban J connectivity index is 1.82. The summed E-state index contributed by atoms with van der Waals surface area (Å²) in [5.41, 5.74) is 0. The summed E-state index contributed by atoms with van der Waals surface area (Å²) in [7, 11) is 2.07. The number of carbonyl (C=O) groups is 2. The van der Waals surface area contributed by atoms with Gasteiger partial charge in [0.05, 0.1) is 0 Å². The molecule has 6 nitrogen and oxygen atoms in total. The van der Waals surface area contributed by atoms with Gasteiger partial charge in [-0.2, -0.15) is 11.8 Å². The molecule has 3 amide bonds. The van der Waals surface area contributed by atoms with Crippen molar-refractivity contribution in [3.63, 3.8) is 0 Å². The van der Waals surface area contributed by atoms with Gasteiger partial charge in [-0.3, -0.25) is 4.79 Å². The zero-order valence-corrected chi connectivity index (χ0v) is 18.2. The van der Waals surface area contributed by atoms with E-state index in [4.69, 9.17) is 0 Å². The van der Waals surface area contributed by atoms with E-state index >= 15 is 0 Å². The Labute approximate surface area is 169 Å². The minimum Gasteiger partial charge on any atom is -0.338 e. The van der Waals surface area contributed by atoms with E-state index < -0.39 is 6.04 Å². The molecule has 27 heavy (non-hydrogen) atoms. The third kappa shape index (κ3) is 7.53. The molecule has 1 saturated carbocycles. The highest BCUT2D eigenvalue weighted by Gasteiger charge is 2.26. The lowest BCUT2D eigenvalue weighted by Crippen LogP contribution is -2.55. The van der Waals surface area contributed by atoms with Gasteiger partial charge in [0.1, 0.15) is 6.04 Å². The van der Waals surface area contributed by atoms with E-state index in [1.54, 1.807) is 11.8 Å². The molecule has 7 heteroatoms. The molecule has 0 bridgehead atoms. The summed E-state index contributed by atoms with van der Waals surface area (Å²) in [5.74, 6) is 1.72. The number of thioether (sulfide) groups is 1. The predicted molar refractivity (Wildman–Crippen MR) is 113 cm³/mol. The molecular weight excluding hydrogens is 360 g/mol. The van der Waals surface area contributed by atoms with E-state index in [-0.39, 0.29) is 11.9 Å². The maximum absolute atomic E-state index is 12.8. The largest absolute Gasteiger partial charge is 0.338 e. The minimum absolute atomic E-state index is 0.0357. The number of nitrogens with one attached hydrogen (secondary N) is 1. The Morgan fingerprint density at radius 2 is 1.78 bits per heavy atom. The minimum atomic E-state index is -0.465. The van der Waals surface area contributed by atoms with Crippen LogP contribution < -0.4 is 5.32 Å². The fourth-order valence-corrected chi connectivity index (χ4v) is 4.37. The first-order valence-electron chi connectivity index (χ1n) is 10.5. The summed E-state index contributed by atoms with van der Waals surface area (Å²) in [4.78, 5) is 31.5. The fourth-order valence-electron chi connectivity index (χ4n) is 3.97. The second kappa shape index (κ2) is 11.8. The SMILES string of the molecule is CSCCN(CCC1CCCCC1)C(=O)N[C@@H](C)C(=O)N1CCN(C)CC1. The monoisotopic (exact) mass is 398 g/mol. The van der Waals surface area contributed by atoms with Crippen molar-refractivity contribution in [2.24, 2.45) is 5.92 Å². The van der Waals surface area contributed by atoms with Crippen LogP contribution in [0.4, 0.5) is 4.79 Å². The summed E-state index contributed by atoms with van der Waals surface area (Å²) in [5, 5.41) is 2.96. The second-order valence-electron chi connectivity index (χ2n) is 8.07. The molecular formula is C20H38N4O2S. The topological polar surface area (TPSA) is 55.9 Å². The van der Waals surface area contributed by atoms with Gasteiger partial charge in [0.15, 0.2) is 0 Å². The van der Waals surface area contributed by atoms with Crippen LogP contribution in [0.25, 0.3) is 0 Å². The highest BCUT2D eigenvalue weighted by atomic mass is 32.2. The number of hydrogen-bond donors (Lipinski definition) is 1. The summed E-state index contributed by atoms with van der Waals surface area (Å²) in [6.07, 6.45) is 9.78. The molecule has 0 radical (unpaired) electrons. The standard InChI is InChI=1S/C20H38N4O2S/c1-17(19(25)23-13-11-22(2)12-14-23)21-20(26)24(15-16-27-3)10-9-18-7-5-4-6-8-18/h17-18H,4-16H2,1-3H3,(H,21,26)/t17-/m0/s1. The van der Waals surface area contributed by atoms with Crippen LogP contribution in [0.15, 0.2) is 0 Å². The van der Waals surface area contributed by atoms with Gasteiger partial charge in [-0.05, 0) is 32.6 Å². The van der Waals surface area contributed by atoms with Crippen molar-refractivity contribution in [1.29, 1.82) is 0 Å². The van der Waals surface area contributed by atoms with Gasteiger partial charge in [0.2, 0.25) is 5.91 Å². The maximum Gasteiger partial charge on any atom is 0.318 e. The Hall–Kier alpha value is -0.950. The normalized spacial score (nSPS) is 20.3. The molecule has 1 aliphatic carbocycles. The number of amides is 3. The first-order chi connectivity index (χ1) is 13.0. The average molecular weight is 399 g/mol. The number of carbonyl (C=O) groups excluding carboxylic acids is 2. The zero-order valence-electron chi connectivity index (χ0n) is 17.4. The van der Waals surface area contributed by atoms with E-state index in [9.17, 15) is 9.59 Å². The van der Waals surface area contributed by atoms with Gasteiger partial charge in [-0.1, -0.05) is 32.1 Å². The van der Waals surface area contributed by atoms with Gasteiger partial charge in [-0.25, -0.2) is 4.79 Å². The number of hydrogen-bond acceptors (Lipinski definition) is 4. The highest BCUT2D eigenvalue weighted by Crippen LogP contribution is 2.26.